The number of nitrogens with zero attached hydrogens (tertiary/aromatic N) is 2. The second-order valence-corrected chi connectivity index (χ2v) is 11.7. The Kier molecular flexibility index (Phi) is 8.07. The number of hydrogen-bond acceptors (Lipinski definition) is 8. The van der Waals surface area contributed by atoms with E-state index in [1.54, 1.807) is 55.5 Å². The van der Waals surface area contributed by atoms with Gasteiger partial charge in [-0.2, -0.15) is 0 Å². The van der Waals surface area contributed by atoms with Gasteiger partial charge in [0.2, 0.25) is 0 Å². The summed E-state index contributed by atoms with van der Waals surface area (Å²) >= 11 is 6.08. The second kappa shape index (κ2) is 11.7. The van der Waals surface area contributed by atoms with Gasteiger partial charge < -0.3 is 19.1 Å². The molecule has 220 valence electrons. The van der Waals surface area contributed by atoms with Gasteiger partial charge in [-0.25, -0.2) is 13.2 Å². The molecule has 0 fully saturated rings. The maximum absolute atomic E-state index is 13.5. The van der Waals surface area contributed by atoms with Crippen LogP contribution in [0.25, 0.3) is 21.9 Å². The zero-order valence-electron chi connectivity index (χ0n) is 23.1. The highest BCUT2D eigenvalue weighted by Crippen LogP contribution is 2.32. The lowest BCUT2D eigenvalue weighted by atomic mass is 9.96. The molecule has 0 saturated carbocycles. The lowest BCUT2D eigenvalue weighted by Crippen LogP contribution is -2.33. The summed E-state index contributed by atoms with van der Waals surface area (Å²) in [5.41, 5.74) is 0.918. The van der Waals surface area contributed by atoms with E-state index >= 15 is 0 Å². The molecule has 2 N–H and O–H groups in total. The van der Waals surface area contributed by atoms with Crippen LogP contribution < -0.4 is 15.6 Å². The molecule has 43 heavy (non-hydrogen) atoms. The van der Waals surface area contributed by atoms with E-state index in [-0.39, 0.29) is 22.1 Å². The number of amides is 1. The Balaban J connectivity index is 1.36. The number of esters is 1. The normalized spacial score (nSPS) is 12.1. The number of sulfonamides is 1. The molecular formula is C30H25ClN4O7S. The molecule has 0 bridgehead atoms. The van der Waals surface area contributed by atoms with Gasteiger partial charge in [0, 0.05) is 34.8 Å². The summed E-state index contributed by atoms with van der Waals surface area (Å²) in [7, 11) is -2.49. The third-order valence-corrected chi connectivity index (χ3v) is 8.20. The van der Waals surface area contributed by atoms with Gasteiger partial charge in [-0.3, -0.25) is 14.3 Å². The minimum absolute atomic E-state index is 0.0324. The first kappa shape index (κ1) is 29.5. The first-order chi connectivity index (χ1) is 20.4. The predicted molar refractivity (Wildman–Crippen MR) is 162 cm³/mol. The highest BCUT2D eigenvalue weighted by Gasteiger charge is 2.26. The summed E-state index contributed by atoms with van der Waals surface area (Å²) in [6.45, 7) is 3.01. The number of hydrogen-bond donors (Lipinski definition) is 2. The van der Waals surface area contributed by atoms with E-state index in [1.165, 1.54) is 48.9 Å². The first-order valence-corrected chi connectivity index (χ1v) is 14.8. The number of rotatable bonds is 8. The van der Waals surface area contributed by atoms with Gasteiger partial charge >= 0.3 is 5.97 Å². The zero-order valence-corrected chi connectivity index (χ0v) is 24.7. The molecule has 3 aromatic carbocycles. The Labute approximate surface area is 251 Å². The fraction of sp³-hybridized carbons (Fsp3) is 0.133. The molecule has 1 unspecified atom stereocenters. The van der Waals surface area contributed by atoms with E-state index in [0.29, 0.717) is 32.7 Å². The van der Waals surface area contributed by atoms with Crippen LogP contribution in [0.3, 0.4) is 0 Å². The van der Waals surface area contributed by atoms with E-state index < -0.39 is 33.6 Å². The molecule has 0 aliphatic carbocycles. The standard InChI is InChI=1S/C30H25ClN4O7S/c1-17-16-25(33-42-17)34-43(39,40)22-14-12-21(13-15-22)32-28(36)18(2)41-30(38)27-26(19-8-10-20(31)11-9-19)23-6-4-5-7-24(23)29(37)35(27)3/h4-16,18H,1-3H3,(H,32,36)(H,33,34). The summed E-state index contributed by atoms with van der Waals surface area (Å²) in [4.78, 5) is 39.5. The van der Waals surface area contributed by atoms with Crippen LogP contribution in [0.5, 0.6) is 0 Å². The zero-order chi connectivity index (χ0) is 30.9. The third kappa shape index (κ3) is 6.15. The number of pyridine rings is 1. The van der Waals surface area contributed by atoms with Gasteiger partial charge in [0.25, 0.3) is 21.5 Å². The number of anilines is 2. The van der Waals surface area contributed by atoms with Crippen LogP contribution >= 0.6 is 11.6 Å². The van der Waals surface area contributed by atoms with Crippen LogP contribution in [-0.2, 0) is 26.6 Å². The smallest absolute Gasteiger partial charge is 0.356 e. The van der Waals surface area contributed by atoms with Gasteiger partial charge in [-0.1, -0.05) is 47.1 Å². The molecule has 1 atom stereocenters. The number of fused-ring (bicyclic) bond motifs is 1. The van der Waals surface area contributed by atoms with Crippen molar-refractivity contribution in [3.8, 4) is 11.1 Å². The molecule has 0 aliphatic heterocycles. The molecule has 5 aromatic rings. The Morgan fingerprint density at radius 1 is 1.00 bits per heavy atom. The minimum atomic E-state index is -3.95. The average molecular weight is 621 g/mol. The molecule has 0 radical (unpaired) electrons. The molecule has 13 heteroatoms. The highest BCUT2D eigenvalue weighted by molar-refractivity contribution is 7.92. The quantitative estimate of drug-likeness (QED) is 0.226. The van der Waals surface area contributed by atoms with Gasteiger partial charge in [-0.15, -0.1) is 0 Å². The van der Waals surface area contributed by atoms with Crippen molar-refractivity contribution in [2.24, 2.45) is 7.05 Å². The highest BCUT2D eigenvalue weighted by atomic mass is 35.5. The molecule has 2 aromatic heterocycles. The Hall–Kier alpha value is -4.94. The third-order valence-electron chi connectivity index (χ3n) is 6.58. The van der Waals surface area contributed by atoms with Crippen LogP contribution in [0.15, 0.2) is 93.1 Å². The molecule has 0 saturated heterocycles. The van der Waals surface area contributed by atoms with Crippen molar-refractivity contribution in [1.29, 1.82) is 0 Å². The van der Waals surface area contributed by atoms with Crippen LogP contribution in [0.4, 0.5) is 11.5 Å². The van der Waals surface area contributed by atoms with Crippen molar-refractivity contribution < 1.29 is 27.3 Å². The molecule has 0 aliphatic rings. The summed E-state index contributed by atoms with van der Waals surface area (Å²) < 4.78 is 39.1. The van der Waals surface area contributed by atoms with Crippen LogP contribution in [0.2, 0.25) is 5.02 Å². The van der Waals surface area contributed by atoms with Gasteiger partial charge in [0.05, 0.1) is 4.90 Å². The number of carbonyl (C=O) groups is 2. The fourth-order valence-corrected chi connectivity index (χ4v) is 5.56. The SMILES string of the molecule is Cc1cc(NS(=O)(=O)c2ccc(NC(=O)C(C)OC(=O)c3c(-c4ccc(Cl)cc4)c4ccccc4c(=O)n3C)cc2)no1. The average Bonchev–Trinajstić information content (AvgIpc) is 3.39. The van der Waals surface area contributed by atoms with Crippen LogP contribution in [0.1, 0.15) is 23.2 Å². The Bertz CT molecular complexity index is 2020. The van der Waals surface area contributed by atoms with Crippen molar-refractivity contribution in [2.45, 2.75) is 24.8 Å². The topological polar surface area (TPSA) is 150 Å². The maximum atomic E-state index is 13.5. The molecule has 0 spiro atoms. The van der Waals surface area contributed by atoms with Crippen molar-refractivity contribution in [2.75, 3.05) is 10.0 Å². The lowest BCUT2D eigenvalue weighted by Gasteiger charge is -2.19. The Morgan fingerprint density at radius 2 is 1.65 bits per heavy atom. The summed E-state index contributed by atoms with van der Waals surface area (Å²) in [5, 5.41) is 7.66. The van der Waals surface area contributed by atoms with Crippen molar-refractivity contribution in [1.82, 2.24) is 9.72 Å². The minimum Gasteiger partial charge on any atom is -0.448 e. The summed E-state index contributed by atoms with van der Waals surface area (Å²) in [5.74, 6) is -1.07. The van der Waals surface area contributed by atoms with Gasteiger partial charge in [0.15, 0.2) is 11.9 Å². The van der Waals surface area contributed by atoms with E-state index in [0.717, 1.165) is 0 Å². The molecule has 5 rings (SSSR count). The van der Waals surface area contributed by atoms with Crippen molar-refractivity contribution >= 4 is 55.8 Å². The molecular weight excluding hydrogens is 596 g/mol. The Morgan fingerprint density at radius 3 is 2.28 bits per heavy atom. The van der Waals surface area contributed by atoms with Gasteiger partial charge in [0.1, 0.15) is 11.5 Å². The van der Waals surface area contributed by atoms with Crippen molar-refractivity contribution in [3.05, 3.63) is 106 Å². The van der Waals surface area contributed by atoms with E-state index in [4.69, 9.17) is 20.9 Å². The number of aromatic nitrogens is 2. The number of ether oxygens (including phenoxy) is 1. The summed E-state index contributed by atoms with van der Waals surface area (Å²) in [6, 6.07) is 20.5. The number of halogens is 1. The number of aryl methyl sites for hydroxylation is 1. The predicted octanol–water partition coefficient (Wildman–Crippen LogP) is 5.14. The van der Waals surface area contributed by atoms with Crippen LogP contribution in [-0.4, -0.2) is 36.1 Å². The van der Waals surface area contributed by atoms with Crippen molar-refractivity contribution in [3.63, 3.8) is 0 Å². The number of carbonyl (C=O) groups excluding carboxylic acids is 2. The lowest BCUT2D eigenvalue weighted by molar-refractivity contribution is -0.123. The van der Waals surface area contributed by atoms with E-state index in [2.05, 4.69) is 15.2 Å². The fourth-order valence-electron chi connectivity index (χ4n) is 4.46. The molecule has 2 heterocycles. The molecule has 11 nitrogen and oxygen atoms in total. The van der Waals surface area contributed by atoms with E-state index in [9.17, 15) is 22.8 Å². The number of benzene rings is 3. The first-order valence-electron chi connectivity index (χ1n) is 12.9. The largest absolute Gasteiger partial charge is 0.448 e. The van der Waals surface area contributed by atoms with E-state index in [1.807, 2.05) is 0 Å². The number of nitrogens with one attached hydrogen (secondary N) is 2. The van der Waals surface area contributed by atoms with Gasteiger partial charge in [-0.05, 0) is 67.3 Å². The molecule has 1 amide bonds. The maximum Gasteiger partial charge on any atom is 0.356 e. The van der Waals surface area contributed by atoms with Crippen LogP contribution in [0, 0.1) is 6.92 Å². The second-order valence-electron chi connectivity index (χ2n) is 9.63. The summed E-state index contributed by atoms with van der Waals surface area (Å²) in [6.07, 6.45) is -1.27. The monoisotopic (exact) mass is 620 g/mol.